The van der Waals surface area contributed by atoms with Crippen molar-refractivity contribution in [2.24, 2.45) is 0 Å². The van der Waals surface area contributed by atoms with Gasteiger partial charge in [-0.1, -0.05) is 6.92 Å². The van der Waals surface area contributed by atoms with Gasteiger partial charge in [0.2, 0.25) is 5.91 Å². The van der Waals surface area contributed by atoms with Gasteiger partial charge < -0.3 is 19.5 Å². The Labute approximate surface area is 84.7 Å². The molecular weight excluding hydrogens is 186 g/mol. The lowest BCUT2D eigenvalue weighted by atomic mass is 10.5. The van der Waals surface area contributed by atoms with E-state index in [0.717, 1.165) is 6.42 Å². The maximum absolute atomic E-state index is 11.1. The molecule has 0 radical (unpaired) electrons. The number of hydrogen-bond acceptors (Lipinski definition) is 4. The predicted octanol–water partition coefficient (Wildman–Crippen LogP) is 0.148. The van der Waals surface area contributed by atoms with E-state index in [1.165, 1.54) is 14.2 Å². The third-order valence-corrected chi connectivity index (χ3v) is 1.57. The summed E-state index contributed by atoms with van der Waals surface area (Å²) in [6.07, 6.45) is 0.511. The van der Waals surface area contributed by atoms with Crippen LogP contribution in [-0.4, -0.2) is 46.2 Å². The number of carbonyl (C=O) groups is 1. The summed E-state index contributed by atoms with van der Waals surface area (Å²) >= 11 is 0. The van der Waals surface area contributed by atoms with E-state index in [1.54, 1.807) is 0 Å². The van der Waals surface area contributed by atoms with Crippen LogP contribution in [0.15, 0.2) is 0 Å². The van der Waals surface area contributed by atoms with Crippen molar-refractivity contribution in [3.8, 4) is 0 Å². The summed E-state index contributed by atoms with van der Waals surface area (Å²) in [5.41, 5.74) is 0. The second-order valence-electron chi connectivity index (χ2n) is 2.76. The number of amides is 1. The molecular formula is C9H19NO4. The molecule has 0 saturated heterocycles. The zero-order valence-electron chi connectivity index (χ0n) is 9.04. The smallest absolute Gasteiger partial charge is 0.246 e. The van der Waals surface area contributed by atoms with Crippen molar-refractivity contribution in [3.63, 3.8) is 0 Å². The van der Waals surface area contributed by atoms with E-state index in [2.05, 4.69) is 5.32 Å². The Kier molecular flexibility index (Phi) is 8.51. The van der Waals surface area contributed by atoms with Crippen LogP contribution >= 0.6 is 0 Å². The van der Waals surface area contributed by atoms with Crippen LogP contribution in [-0.2, 0) is 19.0 Å². The molecule has 0 aliphatic heterocycles. The van der Waals surface area contributed by atoms with Crippen LogP contribution in [0.2, 0.25) is 0 Å². The summed E-state index contributed by atoms with van der Waals surface area (Å²) in [6, 6.07) is 0. The number of ether oxygens (including phenoxy) is 3. The van der Waals surface area contributed by atoms with Crippen LogP contribution < -0.4 is 5.32 Å². The summed E-state index contributed by atoms with van der Waals surface area (Å²) in [6.45, 7) is 3.02. The van der Waals surface area contributed by atoms with Crippen molar-refractivity contribution in [3.05, 3.63) is 0 Å². The number of methoxy groups -OCH3 is 2. The summed E-state index contributed by atoms with van der Waals surface area (Å²) in [5.74, 6) is -0.155. The topological polar surface area (TPSA) is 56.8 Å². The highest BCUT2D eigenvalue weighted by molar-refractivity contribution is 5.77. The lowest BCUT2D eigenvalue weighted by Crippen LogP contribution is -2.36. The molecule has 1 N–H and O–H groups in total. The van der Waals surface area contributed by atoms with Gasteiger partial charge in [-0.25, -0.2) is 0 Å². The molecule has 0 spiro atoms. The Hall–Kier alpha value is -0.650. The fourth-order valence-corrected chi connectivity index (χ4v) is 0.820. The van der Waals surface area contributed by atoms with Gasteiger partial charge in [-0.05, 0) is 6.42 Å². The molecule has 84 valence electrons. The van der Waals surface area contributed by atoms with Gasteiger partial charge in [0.25, 0.3) is 0 Å². The van der Waals surface area contributed by atoms with Gasteiger partial charge in [0, 0.05) is 20.8 Å². The Bertz CT molecular complexity index is 148. The third kappa shape index (κ3) is 6.82. The highest BCUT2D eigenvalue weighted by atomic mass is 16.7. The van der Waals surface area contributed by atoms with Gasteiger partial charge in [0.15, 0.2) is 6.29 Å². The maximum atomic E-state index is 11.1. The van der Waals surface area contributed by atoms with Crippen LogP contribution in [0.25, 0.3) is 0 Å². The standard InChI is InChI=1S/C9H19NO4/c1-4-5-14-7-8(11)10-6-9(12-2)13-3/h9H,4-7H2,1-3H3,(H,10,11). The average Bonchev–Trinajstić information content (AvgIpc) is 2.20. The first-order valence-electron chi connectivity index (χ1n) is 4.64. The Balaban J connectivity index is 3.42. The normalized spacial score (nSPS) is 10.6. The molecule has 1 amide bonds. The molecule has 0 aliphatic carbocycles. The molecule has 0 aromatic carbocycles. The fraction of sp³-hybridized carbons (Fsp3) is 0.889. The van der Waals surface area contributed by atoms with Gasteiger partial charge in [0.1, 0.15) is 6.61 Å². The molecule has 0 aromatic heterocycles. The van der Waals surface area contributed by atoms with Gasteiger partial charge in [0.05, 0.1) is 6.54 Å². The van der Waals surface area contributed by atoms with E-state index in [4.69, 9.17) is 14.2 Å². The Morgan fingerprint density at radius 2 is 2.00 bits per heavy atom. The maximum Gasteiger partial charge on any atom is 0.246 e. The van der Waals surface area contributed by atoms with E-state index in [1.807, 2.05) is 6.92 Å². The van der Waals surface area contributed by atoms with E-state index in [-0.39, 0.29) is 12.5 Å². The van der Waals surface area contributed by atoms with Crippen LogP contribution in [0.3, 0.4) is 0 Å². The third-order valence-electron chi connectivity index (χ3n) is 1.57. The molecule has 5 heteroatoms. The summed E-state index contributed by atoms with van der Waals surface area (Å²) in [7, 11) is 3.04. The number of rotatable bonds is 8. The molecule has 0 aromatic rings. The lowest BCUT2D eigenvalue weighted by molar-refractivity contribution is -0.131. The minimum Gasteiger partial charge on any atom is -0.372 e. The molecule has 0 bridgehead atoms. The molecule has 5 nitrogen and oxygen atoms in total. The molecule has 0 atom stereocenters. The highest BCUT2D eigenvalue weighted by Gasteiger charge is 2.07. The Morgan fingerprint density at radius 1 is 1.36 bits per heavy atom. The molecule has 14 heavy (non-hydrogen) atoms. The van der Waals surface area contributed by atoms with Gasteiger partial charge in [-0.2, -0.15) is 0 Å². The number of nitrogens with one attached hydrogen (secondary N) is 1. The zero-order chi connectivity index (χ0) is 10.8. The summed E-state index contributed by atoms with van der Waals surface area (Å²) in [4.78, 5) is 11.1. The van der Waals surface area contributed by atoms with Crippen LogP contribution in [0.4, 0.5) is 0 Å². The lowest BCUT2D eigenvalue weighted by Gasteiger charge is -2.13. The molecule has 0 saturated carbocycles. The molecule has 0 fully saturated rings. The predicted molar refractivity (Wildman–Crippen MR) is 51.9 cm³/mol. The average molecular weight is 205 g/mol. The largest absolute Gasteiger partial charge is 0.372 e. The van der Waals surface area contributed by atoms with Crippen molar-refractivity contribution < 1.29 is 19.0 Å². The summed E-state index contributed by atoms with van der Waals surface area (Å²) in [5, 5.41) is 2.63. The van der Waals surface area contributed by atoms with Crippen molar-refractivity contribution in [1.29, 1.82) is 0 Å². The van der Waals surface area contributed by atoms with E-state index >= 15 is 0 Å². The second kappa shape index (κ2) is 8.93. The van der Waals surface area contributed by atoms with Crippen molar-refractivity contribution in [2.45, 2.75) is 19.6 Å². The second-order valence-corrected chi connectivity index (χ2v) is 2.76. The highest BCUT2D eigenvalue weighted by Crippen LogP contribution is 1.87. The van der Waals surface area contributed by atoms with E-state index in [9.17, 15) is 4.79 Å². The number of hydrogen-bond donors (Lipinski definition) is 1. The van der Waals surface area contributed by atoms with E-state index in [0.29, 0.717) is 13.2 Å². The SMILES string of the molecule is CCCOCC(=O)NCC(OC)OC. The van der Waals surface area contributed by atoms with Crippen LogP contribution in [0.5, 0.6) is 0 Å². The monoisotopic (exact) mass is 205 g/mol. The minimum absolute atomic E-state index is 0.0913. The molecule has 0 rings (SSSR count). The molecule has 0 heterocycles. The van der Waals surface area contributed by atoms with Gasteiger partial charge >= 0.3 is 0 Å². The first-order valence-corrected chi connectivity index (χ1v) is 4.64. The Morgan fingerprint density at radius 3 is 2.50 bits per heavy atom. The van der Waals surface area contributed by atoms with Crippen molar-refractivity contribution in [1.82, 2.24) is 5.32 Å². The van der Waals surface area contributed by atoms with Crippen molar-refractivity contribution >= 4 is 5.91 Å². The van der Waals surface area contributed by atoms with E-state index < -0.39 is 6.29 Å². The minimum atomic E-state index is -0.398. The van der Waals surface area contributed by atoms with Gasteiger partial charge in [-0.15, -0.1) is 0 Å². The summed E-state index contributed by atoms with van der Waals surface area (Å²) < 4.78 is 14.8. The fourth-order valence-electron chi connectivity index (χ4n) is 0.820. The van der Waals surface area contributed by atoms with Gasteiger partial charge in [-0.3, -0.25) is 4.79 Å². The zero-order valence-corrected chi connectivity index (χ0v) is 9.04. The van der Waals surface area contributed by atoms with Crippen molar-refractivity contribution in [2.75, 3.05) is 34.0 Å². The van der Waals surface area contributed by atoms with Crippen LogP contribution in [0, 0.1) is 0 Å². The first-order chi connectivity index (χ1) is 6.74. The molecule has 0 unspecified atom stereocenters. The first kappa shape index (κ1) is 13.4. The van der Waals surface area contributed by atoms with Crippen LogP contribution in [0.1, 0.15) is 13.3 Å². The number of carbonyl (C=O) groups excluding carboxylic acids is 1. The molecule has 0 aliphatic rings. The quantitative estimate of drug-likeness (QED) is 0.452.